The lowest BCUT2D eigenvalue weighted by atomic mass is 9.88. The van der Waals surface area contributed by atoms with Gasteiger partial charge in [0.05, 0.1) is 11.7 Å². The molecule has 4 nitrogen and oxygen atoms in total. The summed E-state index contributed by atoms with van der Waals surface area (Å²) in [6, 6.07) is 10.2. The average Bonchev–Trinajstić information content (AvgIpc) is 3.07. The van der Waals surface area contributed by atoms with Crippen molar-refractivity contribution in [3.8, 4) is 0 Å². The Morgan fingerprint density at radius 2 is 1.80 bits per heavy atom. The molecule has 6 heteroatoms. The molecule has 0 spiro atoms. The Balaban J connectivity index is 1.57. The zero-order valence-corrected chi connectivity index (χ0v) is 16.4. The second-order valence-electron chi connectivity index (χ2n) is 7.72. The molecule has 0 radical (unpaired) electrons. The predicted molar refractivity (Wildman–Crippen MR) is 108 cm³/mol. The van der Waals surface area contributed by atoms with E-state index < -0.39 is 23.7 Å². The molecule has 3 atom stereocenters. The first-order chi connectivity index (χ1) is 14.3. The number of aromatic carboxylic acids is 1. The highest BCUT2D eigenvalue weighted by Gasteiger charge is 2.32. The molecule has 1 aliphatic rings. The van der Waals surface area contributed by atoms with Crippen LogP contribution in [0.4, 0.5) is 8.78 Å². The van der Waals surface area contributed by atoms with Crippen LogP contribution in [0.25, 0.3) is 0 Å². The van der Waals surface area contributed by atoms with Crippen molar-refractivity contribution in [3.63, 3.8) is 0 Å². The zero-order valence-electron chi connectivity index (χ0n) is 16.4. The summed E-state index contributed by atoms with van der Waals surface area (Å²) in [4.78, 5) is 23.2. The van der Waals surface area contributed by atoms with Crippen molar-refractivity contribution in [1.29, 1.82) is 0 Å². The Labute approximate surface area is 173 Å². The molecule has 0 amide bonds. The Bertz CT molecular complexity index is 937. The molecular formula is C24H24F2O4. The minimum Gasteiger partial charge on any atom is -0.478 e. The standard InChI is InChI=1S/C24H24F2O4/c25-21-11-4-16(14-22(21)26)13-19(27)9-7-17-8-12-23(28)20(17)10-3-15-1-5-18(6-2-15)24(29)30/h1-2,4-7,9,11,14,17,19-20,27H,3,8,10,12-13H2,(H,29,30)/b9-7+. The maximum absolute atomic E-state index is 13.3. The van der Waals surface area contributed by atoms with Gasteiger partial charge < -0.3 is 10.2 Å². The van der Waals surface area contributed by atoms with E-state index >= 15 is 0 Å². The number of hydrogen-bond acceptors (Lipinski definition) is 3. The van der Waals surface area contributed by atoms with Gasteiger partial charge in [-0.15, -0.1) is 0 Å². The fraction of sp³-hybridized carbons (Fsp3) is 0.333. The van der Waals surface area contributed by atoms with Crippen LogP contribution in [0, 0.1) is 23.5 Å². The highest BCUT2D eigenvalue weighted by molar-refractivity contribution is 5.87. The third kappa shape index (κ3) is 5.60. The number of hydrogen-bond donors (Lipinski definition) is 2. The van der Waals surface area contributed by atoms with E-state index in [1.165, 1.54) is 6.07 Å². The number of Topliss-reactive ketones (excluding diaryl/α,β-unsaturated/α-hetero) is 1. The van der Waals surface area contributed by atoms with Gasteiger partial charge in [0.1, 0.15) is 5.78 Å². The second kappa shape index (κ2) is 9.76. The van der Waals surface area contributed by atoms with Crippen molar-refractivity contribution in [1.82, 2.24) is 0 Å². The lowest BCUT2D eigenvalue weighted by molar-refractivity contribution is -0.121. The summed E-state index contributed by atoms with van der Waals surface area (Å²) in [5.74, 6) is -2.76. The summed E-state index contributed by atoms with van der Waals surface area (Å²) in [6.07, 6.45) is 5.32. The Kier molecular flexibility index (Phi) is 7.11. The van der Waals surface area contributed by atoms with Gasteiger partial charge in [0.25, 0.3) is 0 Å². The van der Waals surface area contributed by atoms with Crippen molar-refractivity contribution in [2.75, 3.05) is 0 Å². The first kappa shape index (κ1) is 21.8. The minimum atomic E-state index is -0.973. The molecule has 0 aromatic heterocycles. The Morgan fingerprint density at radius 3 is 2.47 bits per heavy atom. The van der Waals surface area contributed by atoms with Gasteiger partial charge in [-0.1, -0.05) is 30.4 Å². The van der Waals surface area contributed by atoms with E-state index in [0.29, 0.717) is 24.8 Å². The molecule has 1 fully saturated rings. The van der Waals surface area contributed by atoms with Gasteiger partial charge in [0, 0.05) is 18.8 Å². The highest BCUT2D eigenvalue weighted by atomic mass is 19.2. The van der Waals surface area contributed by atoms with E-state index in [1.807, 2.05) is 6.08 Å². The molecule has 0 saturated heterocycles. The van der Waals surface area contributed by atoms with Crippen LogP contribution >= 0.6 is 0 Å². The average molecular weight is 414 g/mol. The number of carboxylic acids is 1. The monoisotopic (exact) mass is 414 g/mol. The van der Waals surface area contributed by atoms with Crippen LogP contribution < -0.4 is 0 Å². The van der Waals surface area contributed by atoms with Gasteiger partial charge in [-0.3, -0.25) is 4.79 Å². The fourth-order valence-electron chi connectivity index (χ4n) is 3.92. The third-order valence-electron chi connectivity index (χ3n) is 5.61. The fourth-order valence-corrected chi connectivity index (χ4v) is 3.92. The third-order valence-corrected chi connectivity index (χ3v) is 5.61. The number of carbonyl (C=O) groups is 2. The van der Waals surface area contributed by atoms with Gasteiger partial charge in [-0.05, 0) is 60.6 Å². The normalized spacial score (nSPS) is 20.0. The number of ketones is 1. The van der Waals surface area contributed by atoms with Gasteiger partial charge in [0.2, 0.25) is 0 Å². The molecule has 2 N–H and O–H groups in total. The van der Waals surface area contributed by atoms with Crippen LogP contribution in [0.3, 0.4) is 0 Å². The van der Waals surface area contributed by atoms with Crippen LogP contribution in [0.15, 0.2) is 54.6 Å². The number of rotatable bonds is 8. The highest BCUT2D eigenvalue weighted by Crippen LogP contribution is 2.33. The molecule has 0 aliphatic heterocycles. The molecule has 3 rings (SSSR count). The Morgan fingerprint density at radius 1 is 1.10 bits per heavy atom. The molecule has 3 unspecified atom stereocenters. The summed E-state index contributed by atoms with van der Waals surface area (Å²) in [5, 5.41) is 19.2. The largest absolute Gasteiger partial charge is 0.478 e. The van der Waals surface area contributed by atoms with Gasteiger partial charge in [0.15, 0.2) is 11.6 Å². The summed E-state index contributed by atoms with van der Waals surface area (Å²) in [7, 11) is 0. The van der Waals surface area contributed by atoms with Crippen LogP contribution in [0.5, 0.6) is 0 Å². The number of aliphatic hydroxyl groups is 1. The number of carbonyl (C=O) groups excluding carboxylic acids is 1. The van der Waals surface area contributed by atoms with Gasteiger partial charge >= 0.3 is 5.97 Å². The second-order valence-corrected chi connectivity index (χ2v) is 7.72. The van der Waals surface area contributed by atoms with E-state index in [0.717, 1.165) is 24.1 Å². The van der Waals surface area contributed by atoms with E-state index in [4.69, 9.17) is 5.11 Å². The van der Waals surface area contributed by atoms with E-state index in [1.54, 1.807) is 30.3 Å². The van der Waals surface area contributed by atoms with E-state index in [9.17, 15) is 23.5 Å². The number of benzene rings is 2. The van der Waals surface area contributed by atoms with Gasteiger partial charge in [-0.2, -0.15) is 0 Å². The smallest absolute Gasteiger partial charge is 0.335 e. The summed E-state index contributed by atoms with van der Waals surface area (Å²) in [6.45, 7) is 0. The molecule has 0 heterocycles. The quantitative estimate of drug-likeness (QED) is 0.630. The molecule has 30 heavy (non-hydrogen) atoms. The minimum absolute atomic E-state index is 0.0235. The predicted octanol–water partition coefficient (Wildman–Crippen LogP) is 4.35. The maximum atomic E-state index is 13.3. The first-order valence-corrected chi connectivity index (χ1v) is 9.98. The summed E-state index contributed by atoms with van der Waals surface area (Å²) in [5.41, 5.74) is 1.70. The number of halogens is 2. The summed E-state index contributed by atoms with van der Waals surface area (Å²) >= 11 is 0. The van der Waals surface area contributed by atoms with Crippen molar-refractivity contribution >= 4 is 11.8 Å². The number of allylic oxidation sites excluding steroid dienone is 1. The van der Waals surface area contributed by atoms with Crippen LogP contribution in [0.1, 0.15) is 40.7 Å². The maximum Gasteiger partial charge on any atom is 0.335 e. The molecule has 2 aromatic rings. The molecule has 158 valence electrons. The van der Waals surface area contributed by atoms with Crippen molar-refractivity contribution in [3.05, 3.63) is 82.9 Å². The number of aryl methyl sites for hydroxylation is 1. The topological polar surface area (TPSA) is 74.6 Å². The van der Waals surface area contributed by atoms with Crippen LogP contribution in [-0.4, -0.2) is 28.1 Å². The molecule has 1 saturated carbocycles. The van der Waals surface area contributed by atoms with E-state index in [-0.39, 0.29) is 29.6 Å². The van der Waals surface area contributed by atoms with Crippen molar-refractivity contribution in [2.45, 2.75) is 38.2 Å². The summed E-state index contributed by atoms with van der Waals surface area (Å²) < 4.78 is 26.3. The van der Waals surface area contributed by atoms with Crippen LogP contribution in [0.2, 0.25) is 0 Å². The molecule has 0 bridgehead atoms. The Hall–Kier alpha value is -2.86. The SMILES string of the molecule is O=C(O)c1ccc(CCC2C(=O)CCC2/C=C/C(O)Cc2ccc(F)c(F)c2)cc1. The van der Waals surface area contributed by atoms with Crippen molar-refractivity contribution < 1.29 is 28.6 Å². The molecular weight excluding hydrogens is 390 g/mol. The lowest BCUT2D eigenvalue weighted by Crippen LogP contribution is -2.15. The van der Waals surface area contributed by atoms with Crippen LogP contribution in [-0.2, 0) is 17.6 Å². The first-order valence-electron chi connectivity index (χ1n) is 9.98. The lowest BCUT2D eigenvalue weighted by Gasteiger charge is -2.16. The number of aliphatic hydroxyl groups excluding tert-OH is 1. The number of carboxylic acid groups (broad SMARTS) is 1. The van der Waals surface area contributed by atoms with Gasteiger partial charge in [-0.25, -0.2) is 13.6 Å². The zero-order chi connectivity index (χ0) is 21.7. The molecule has 2 aromatic carbocycles. The van der Waals surface area contributed by atoms with E-state index in [2.05, 4.69) is 0 Å². The molecule has 1 aliphatic carbocycles. The van der Waals surface area contributed by atoms with Crippen molar-refractivity contribution in [2.24, 2.45) is 11.8 Å².